The van der Waals surface area contributed by atoms with E-state index in [-0.39, 0.29) is 5.75 Å². The first-order valence-electron chi connectivity index (χ1n) is 5.81. The molecule has 1 rings (SSSR count). The van der Waals surface area contributed by atoms with E-state index in [1.807, 2.05) is 0 Å². The van der Waals surface area contributed by atoms with Crippen LogP contribution in [-0.2, 0) is 13.2 Å². The van der Waals surface area contributed by atoms with Gasteiger partial charge in [-0.05, 0) is 5.56 Å². The van der Waals surface area contributed by atoms with E-state index in [1.165, 1.54) is 0 Å². The first-order chi connectivity index (χ1) is 9.79. The molecule has 0 fully saturated rings. The zero-order valence-corrected chi connectivity index (χ0v) is 14.0. The lowest BCUT2D eigenvalue weighted by atomic mass is 10.1. The van der Waals surface area contributed by atoms with Gasteiger partial charge in [-0.25, -0.2) is 0 Å². The van der Waals surface area contributed by atoms with Crippen molar-refractivity contribution in [2.24, 2.45) is 11.5 Å². The number of carbonyl (C=O) groups is 2. The predicted molar refractivity (Wildman–Crippen MR) is 88.3 cm³/mol. The van der Waals surface area contributed by atoms with Gasteiger partial charge in [0.05, 0.1) is 0 Å². The number of hydrogen-bond acceptors (Lipinski definition) is 6. The highest BCUT2D eigenvalue weighted by Crippen LogP contribution is 2.50. The van der Waals surface area contributed by atoms with Gasteiger partial charge in [-0.1, -0.05) is 67.8 Å². The molecular formula is C12H15BrN2O4S2. The highest BCUT2D eigenvalue weighted by atomic mass is 79.9. The number of aliphatic carboxylic acids is 2. The SMILES string of the molecule is N[C@H](C(=O)O)C(Br)(SSC[C@H](N)C(=O)O)c1ccccc1. The van der Waals surface area contributed by atoms with E-state index in [0.29, 0.717) is 5.56 Å². The fourth-order valence-electron chi connectivity index (χ4n) is 1.37. The van der Waals surface area contributed by atoms with Crippen molar-refractivity contribution in [2.75, 3.05) is 5.75 Å². The van der Waals surface area contributed by atoms with Crippen LogP contribution in [0, 0.1) is 0 Å². The van der Waals surface area contributed by atoms with Gasteiger partial charge in [-0.15, -0.1) is 0 Å². The van der Waals surface area contributed by atoms with Gasteiger partial charge in [0, 0.05) is 5.75 Å². The quantitative estimate of drug-likeness (QED) is 0.385. The summed E-state index contributed by atoms with van der Waals surface area (Å²) in [7, 11) is 2.30. The largest absolute Gasteiger partial charge is 0.480 e. The second-order valence-electron chi connectivity index (χ2n) is 4.14. The van der Waals surface area contributed by atoms with E-state index in [9.17, 15) is 14.7 Å². The van der Waals surface area contributed by atoms with Crippen LogP contribution in [0.3, 0.4) is 0 Å². The smallest absolute Gasteiger partial charge is 0.323 e. The molecule has 0 spiro atoms. The van der Waals surface area contributed by atoms with Gasteiger partial charge < -0.3 is 21.7 Å². The molecule has 0 saturated carbocycles. The molecule has 0 aliphatic rings. The third kappa shape index (κ3) is 4.89. The Balaban J connectivity index is 2.89. The lowest BCUT2D eigenvalue weighted by Gasteiger charge is -2.30. The van der Waals surface area contributed by atoms with Crippen LogP contribution in [0.4, 0.5) is 0 Å². The van der Waals surface area contributed by atoms with Crippen LogP contribution < -0.4 is 11.5 Å². The molecule has 6 nitrogen and oxygen atoms in total. The van der Waals surface area contributed by atoms with Crippen molar-refractivity contribution in [3.63, 3.8) is 0 Å². The number of nitrogens with two attached hydrogens (primary N) is 2. The maximum Gasteiger partial charge on any atom is 0.323 e. The second-order valence-corrected chi connectivity index (χ2v) is 8.50. The van der Waals surface area contributed by atoms with E-state index in [4.69, 9.17) is 16.6 Å². The van der Waals surface area contributed by atoms with Crippen molar-refractivity contribution in [2.45, 2.75) is 15.7 Å². The number of rotatable bonds is 8. The summed E-state index contributed by atoms with van der Waals surface area (Å²) in [6.45, 7) is 0. The zero-order chi connectivity index (χ0) is 16.0. The number of carboxylic acid groups (broad SMARTS) is 2. The van der Waals surface area contributed by atoms with Crippen molar-refractivity contribution in [3.8, 4) is 0 Å². The van der Waals surface area contributed by atoms with Gasteiger partial charge in [0.1, 0.15) is 15.7 Å². The Morgan fingerprint density at radius 2 is 1.76 bits per heavy atom. The Morgan fingerprint density at radius 3 is 2.24 bits per heavy atom. The Kier molecular flexibility index (Phi) is 7.01. The molecule has 0 amide bonds. The molecule has 0 aliphatic heterocycles. The Hall–Kier alpha value is -0.740. The molecule has 21 heavy (non-hydrogen) atoms. The molecule has 3 atom stereocenters. The molecule has 0 bridgehead atoms. The minimum absolute atomic E-state index is 0.131. The summed E-state index contributed by atoms with van der Waals surface area (Å²) in [5.41, 5.74) is 11.9. The maximum atomic E-state index is 11.2. The normalized spacial score (nSPS) is 16.7. The number of carboxylic acids is 2. The van der Waals surface area contributed by atoms with Crippen LogP contribution in [0.5, 0.6) is 0 Å². The summed E-state index contributed by atoms with van der Waals surface area (Å²) in [5.74, 6) is -2.14. The highest BCUT2D eigenvalue weighted by molar-refractivity contribution is 9.13. The lowest BCUT2D eigenvalue weighted by molar-refractivity contribution is -0.139. The van der Waals surface area contributed by atoms with Gasteiger partial charge in [0.15, 0.2) is 0 Å². The summed E-state index contributed by atoms with van der Waals surface area (Å²) in [6, 6.07) is 6.63. The molecule has 1 unspecified atom stereocenters. The summed E-state index contributed by atoms with van der Waals surface area (Å²) >= 11 is 3.39. The monoisotopic (exact) mass is 394 g/mol. The van der Waals surface area contributed by atoms with Crippen LogP contribution in [0.15, 0.2) is 30.3 Å². The molecule has 6 N–H and O–H groups in total. The minimum atomic E-state index is -1.21. The Morgan fingerprint density at radius 1 is 1.19 bits per heavy atom. The van der Waals surface area contributed by atoms with Crippen LogP contribution in [0.25, 0.3) is 0 Å². The maximum absolute atomic E-state index is 11.2. The van der Waals surface area contributed by atoms with Gasteiger partial charge in [0.2, 0.25) is 0 Å². The number of benzene rings is 1. The summed E-state index contributed by atoms with van der Waals surface area (Å²) < 4.78 is -1.08. The molecular weight excluding hydrogens is 380 g/mol. The average molecular weight is 395 g/mol. The van der Waals surface area contributed by atoms with Crippen LogP contribution in [0.2, 0.25) is 0 Å². The lowest BCUT2D eigenvalue weighted by Crippen LogP contribution is -2.44. The Bertz CT molecular complexity index is 505. The molecule has 1 aromatic carbocycles. The van der Waals surface area contributed by atoms with Crippen molar-refractivity contribution >= 4 is 49.5 Å². The first kappa shape index (κ1) is 18.3. The van der Waals surface area contributed by atoms with E-state index < -0.39 is 27.7 Å². The standard InChI is InChI=1S/C12H15BrN2O4S2/c13-12(9(15)11(18)19,7-4-2-1-3-5-7)21-20-6-8(14)10(16)17/h1-5,8-9H,6,14-15H2,(H,16,17)(H,18,19)/t8-,9+,12?/m0/s1. The minimum Gasteiger partial charge on any atom is -0.480 e. The summed E-state index contributed by atoms with van der Waals surface area (Å²) in [6.07, 6.45) is 0. The van der Waals surface area contributed by atoms with Crippen molar-refractivity contribution in [1.82, 2.24) is 0 Å². The van der Waals surface area contributed by atoms with Crippen LogP contribution >= 0.6 is 37.5 Å². The third-order valence-electron chi connectivity index (χ3n) is 2.58. The van der Waals surface area contributed by atoms with E-state index in [2.05, 4.69) is 15.9 Å². The predicted octanol–water partition coefficient (Wildman–Crippen LogP) is 1.44. The third-order valence-corrected chi connectivity index (χ3v) is 7.55. The van der Waals surface area contributed by atoms with E-state index in [0.717, 1.165) is 21.6 Å². The molecule has 0 aromatic heterocycles. The number of halogens is 1. The topological polar surface area (TPSA) is 127 Å². The molecule has 0 saturated heterocycles. The average Bonchev–Trinajstić information content (AvgIpc) is 2.46. The number of alkyl halides is 1. The van der Waals surface area contributed by atoms with E-state index in [1.54, 1.807) is 30.3 Å². The van der Waals surface area contributed by atoms with Gasteiger partial charge >= 0.3 is 11.9 Å². The van der Waals surface area contributed by atoms with Crippen molar-refractivity contribution < 1.29 is 19.8 Å². The van der Waals surface area contributed by atoms with Gasteiger partial charge in [0.25, 0.3) is 0 Å². The van der Waals surface area contributed by atoms with Crippen molar-refractivity contribution in [1.29, 1.82) is 0 Å². The molecule has 116 valence electrons. The van der Waals surface area contributed by atoms with Crippen molar-refractivity contribution in [3.05, 3.63) is 35.9 Å². The molecule has 0 heterocycles. The van der Waals surface area contributed by atoms with Crippen LogP contribution in [0.1, 0.15) is 5.56 Å². The molecule has 0 radical (unpaired) electrons. The Labute approximate surface area is 138 Å². The van der Waals surface area contributed by atoms with Crippen LogP contribution in [-0.4, -0.2) is 40.0 Å². The number of hydrogen-bond donors (Lipinski definition) is 4. The van der Waals surface area contributed by atoms with Gasteiger partial charge in [-0.2, -0.15) is 0 Å². The molecule has 0 aliphatic carbocycles. The highest BCUT2D eigenvalue weighted by Gasteiger charge is 2.41. The van der Waals surface area contributed by atoms with E-state index >= 15 is 0 Å². The second kappa shape index (κ2) is 8.04. The zero-order valence-electron chi connectivity index (χ0n) is 10.8. The summed E-state index contributed by atoms with van der Waals surface area (Å²) in [5, 5.41) is 17.9. The molecule has 9 heteroatoms. The fourth-order valence-corrected chi connectivity index (χ4v) is 5.39. The molecule has 1 aromatic rings. The summed E-state index contributed by atoms with van der Waals surface area (Å²) in [4.78, 5) is 21.9. The first-order valence-corrected chi connectivity index (χ1v) is 8.92. The fraction of sp³-hybridized carbons (Fsp3) is 0.333. The van der Waals surface area contributed by atoms with Gasteiger partial charge in [-0.3, -0.25) is 9.59 Å².